The van der Waals surface area contributed by atoms with E-state index in [-0.39, 0.29) is 11.4 Å². The van der Waals surface area contributed by atoms with Crippen molar-refractivity contribution in [2.45, 2.75) is 71.4 Å². The Bertz CT molecular complexity index is 285. The first-order valence-corrected chi connectivity index (χ1v) is 8.23. The van der Waals surface area contributed by atoms with Gasteiger partial charge in [0.2, 0.25) is 5.91 Å². The van der Waals surface area contributed by atoms with Gasteiger partial charge in [0, 0.05) is 18.1 Å². The van der Waals surface area contributed by atoms with Crippen LogP contribution in [-0.2, 0) is 4.79 Å². The highest BCUT2D eigenvalue weighted by atomic mass is 16.2. The maximum atomic E-state index is 12.2. The third-order valence-electron chi connectivity index (χ3n) is 4.20. The number of nitrogens with one attached hydrogen (secondary N) is 2. The van der Waals surface area contributed by atoms with Crippen molar-refractivity contribution in [2.24, 2.45) is 0 Å². The zero-order chi connectivity index (χ0) is 15.0. The van der Waals surface area contributed by atoms with Crippen LogP contribution in [-0.4, -0.2) is 48.6 Å². The lowest BCUT2D eigenvalue weighted by Gasteiger charge is -2.29. The molecule has 0 aliphatic carbocycles. The minimum Gasteiger partial charge on any atom is -0.350 e. The maximum Gasteiger partial charge on any atom is 0.234 e. The lowest BCUT2D eigenvalue weighted by Crippen LogP contribution is -2.49. The molecule has 1 aliphatic heterocycles. The number of hydrogen-bond donors (Lipinski definition) is 2. The van der Waals surface area contributed by atoms with E-state index in [4.69, 9.17) is 0 Å². The molecule has 118 valence electrons. The largest absolute Gasteiger partial charge is 0.350 e. The topological polar surface area (TPSA) is 44.4 Å². The van der Waals surface area contributed by atoms with E-state index >= 15 is 0 Å². The molecule has 0 aromatic rings. The molecule has 1 aliphatic rings. The first kappa shape index (κ1) is 17.4. The molecule has 0 radical (unpaired) electrons. The van der Waals surface area contributed by atoms with Gasteiger partial charge >= 0.3 is 0 Å². The quantitative estimate of drug-likeness (QED) is 0.681. The van der Waals surface area contributed by atoms with Crippen molar-refractivity contribution in [3.63, 3.8) is 0 Å². The third kappa shape index (κ3) is 6.71. The second-order valence-electron chi connectivity index (χ2n) is 6.67. The molecular weight excluding hydrogens is 250 g/mol. The fraction of sp³-hybridized carbons (Fsp3) is 0.938. The number of unbranched alkanes of at least 4 members (excludes halogenated alkanes) is 1. The number of hydrogen-bond acceptors (Lipinski definition) is 3. The van der Waals surface area contributed by atoms with Crippen LogP contribution in [0.15, 0.2) is 0 Å². The first-order chi connectivity index (χ1) is 9.46. The molecule has 1 amide bonds. The van der Waals surface area contributed by atoms with Crippen LogP contribution in [0, 0.1) is 0 Å². The predicted molar refractivity (Wildman–Crippen MR) is 84.9 cm³/mol. The van der Waals surface area contributed by atoms with Gasteiger partial charge in [0.05, 0.1) is 6.54 Å². The molecule has 20 heavy (non-hydrogen) atoms. The van der Waals surface area contributed by atoms with Gasteiger partial charge in [0.25, 0.3) is 0 Å². The molecule has 4 heteroatoms. The summed E-state index contributed by atoms with van der Waals surface area (Å²) in [6.07, 6.45) is 5.80. The van der Waals surface area contributed by atoms with Gasteiger partial charge in [-0.3, -0.25) is 9.69 Å². The van der Waals surface area contributed by atoms with Crippen LogP contribution in [0.5, 0.6) is 0 Å². The molecule has 0 spiro atoms. The van der Waals surface area contributed by atoms with Gasteiger partial charge in [-0.2, -0.15) is 0 Å². The van der Waals surface area contributed by atoms with Crippen LogP contribution in [0.4, 0.5) is 0 Å². The Labute approximate surface area is 124 Å². The van der Waals surface area contributed by atoms with E-state index in [1.165, 1.54) is 19.3 Å². The molecule has 4 nitrogen and oxygen atoms in total. The van der Waals surface area contributed by atoms with Crippen LogP contribution in [0.2, 0.25) is 0 Å². The van der Waals surface area contributed by atoms with E-state index < -0.39 is 0 Å². The molecule has 2 N–H and O–H groups in total. The smallest absolute Gasteiger partial charge is 0.234 e. The average molecular weight is 283 g/mol. The number of carbonyl (C=O) groups is 1. The number of carbonyl (C=O) groups excluding carboxylic acids is 1. The molecule has 0 aromatic heterocycles. The lowest BCUT2D eigenvalue weighted by atomic mass is 10.0. The second kappa shape index (κ2) is 8.63. The Morgan fingerprint density at radius 3 is 2.70 bits per heavy atom. The summed E-state index contributed by atoms with van der Waals surface area (Å²) < 4.78 is 0. The van der Waals surface area contributed by atoms with Crippen LogP contribution < -0.4 is 10.6 Å². The van der Waals surface area contributed by atoms with E-state index in [1.807, 2.05) is 0 Å². The summed E-state index contributed by atoms with van der Waals surface area (Å²) in [6, 6.07) is 0.568. The Morgan fingerprint density at radius 1 is 1.40 bits per heavy atom. The molecule has 1 saturated heterocycles. The molecule has 1 rings (SSSR count). The monoisotopic (exact) mass is 283 g/mol. The predicted octanol–water partition coefficient (Wildman–Crippen LogP) is 2.15. The van der Waals surface area contributed by atoms with Gasteiger partial charge in [0.15, 0.2) is 0 Å². The van der Waals surface area contributed by atoms with E-state index in [1.54, 1.807) is 0 Å². The summed E-state index contributed by atoms with van der Waals surface area (Å²) in [5.74, 6) is 0.158. The van der Waals surface area contributed by atoms with Crippen LogP contribution >= 0.6 is 0 Å². The average Bonchev–Trinajstić information content (AvgIpc) is 2.88. The minimum absolute atomic E-state index is 0.0981. The van der Waals surface area contributed by atoms with Gasteiger partial charge < -0.3 is 10.6 Å². The lowest BCUT2D eigenvalue weighted by molar-refractivity contribution is -0.124. The summed E-state index contributed by atoms with van der Waals surface area (Å²) >= 11 is 0. The van der Waals surface area contributed by atoms with Gasteiger partial charge in [-0.05, 0) is 52.6 Å². The Morgan fingerprint density at radius 2 is 2.15 bits per heavy atom. The van der Waals surface area contributed by atoms with Gasteiger partial charge in [0.1, 0.15) is 0 Å². The SMILES string of the molecule is CCCCN(CC(=O)NC(C)(C)CC)CC1CCCN1. The minimum atomic E-state index is -0.0981. The van der Waals surface area contributed by atoms with Crippen LogP contribution in [0.3, 0.4) is 0 Å². The molecule has 0 saturated carbocycles. The second-order valence-corrected chi connectivity index (χ2v) is 6.67. The van der Waals surface area contributed by atoms with E-state index in [0.717, 1.165) is 32.5 Å². The number of nitrogens with zero attached hydrogens (tertiary/aromatic N) is 1. The fourth-order valence-electron chi connectivity index (χ4n) is 2.55. The maximum absolute atomic E-state index is 12.2. The van der Waals surface area contributed by atoms with Crippen molar-refractivity contribution in [3.05, 3.63) is 0 Å². The highest BCUT2D eigenvalue weighted by Crippen LogP contribution is 2.09. The van der Waals surface area contributed by atoms with Crippen molar-refractivity contribution in [1.29, 1.82) is 0 Å². The molecular formula is C16H33N3O. The van der Waals surface area contributed by atoms with E-state index in [0.29, 0.717) is 12.6 Å². The highest BCUT2D eigenvalue weighted by molar-refractivity contribution is 5.78. The molecule has 0 aromatic carbocycles. The summed E-state index contributed by atoms with van der Waals surface area (Å²) in [4.78, 5) is 14.5. The van der Waals surface area contributed by atoms with Crippen LogP contribution in [0.1, 0.15) is 59.8 Å². The Hall–Kier alpha value is -0.610. The molecule has 1 heterocycles. The first-order valence-electron chi connectivity index (χ1n) is 8.23. The third-order valence-corrected chi connectivity index (χ3v) is 4.20. The summed E-state index contributed by atoms with van der Waals surface area (Å²) in [6.45, 7) is 12.2. The zero-order valence-corrected chi connectivity index (χ0v) is 13.8. The van der Waals surface area contributed by atoms with Crippen LogP contribution in [0.25, 0.3) is 0 Å². The Balaban J connectivity index is 2.43. The standard InChI is InChI=1S/C16H33N3O/c1-5-7-11-19(12-14-9-8-10-17-14)13-15(20)18-16(3,4)6-2/h14,17H,5-13H2,1-4H3,(H,18,20). The number of rotatable bonds is 9. The summed E-state index contributed by atoms with van der Waals surface area (Å²) in [5, 5.41) is 6.66. The molecule has 1 atom stereocenters. The van der Waals surface area contributed by atoms with Crippen molar-refractivity contribution >= 4 is 5.91 Å². The molecule has 1 unspecified atom stereocenters. The van der Waals surface area contributed by atoms with Crippen molar-refractivity contribution in [1.82, 2.24) is 15.5 Å². The van der Waals surface area contributed by atoms with Gasteiger partial charge in [-0.15, -0.1) is 0 Å². The van der Waals surface area contributed by atoms with Crippen molar-refractivity contribution < 1.29 is 4.79 Å². The Kier molecular flexibility index (Phi) is 7.52. The zero-order valence-electron chi connectivity index (χ0n) is 13.8. The number of amides is 1. The normalized spacial score (nSPS) is 19.6. The summed E-state index contributed by atoms with van der Waals surface area (Å²) in [5.41, 5.74) is -0.0981. The van der Waals surface area contributed by atoms with Gasteiger partial charge in [-0.25, -0.2) is 0 Å². The van der Waals surface area contributed by atoms with Gasteiger partial charge in [-0.1, -0.05) is 20.3 Å². The molecule has 0 bridgehead atoms. The fourth-order valence-corrected chi connectivity index (χ4v) is 2.55. The van der Waals surface area contributed by atoms with Crippen molar-refractivity contribution in [3.8, 4) is 0 Å². The summed E-state index contributed by atoms with van der Waals surface area (Å²) in [7, 11) is 0. The van der Waals surface area contributed by atoms with E-state index in [9.17, 15) is 4.79 Å². The van der Waals surface area contributed by atoms with Crippen molar-refractivity contribution in [2.75, 3.05) is 26.2 Å². The van der Waals surface area contributed by atoms with E-state index in [2.05, 4.69) is 43.2 Å². The highest BCUT2D eigenvalue weighted by Gasteiger charge is 2.22. The molecule has 1 fully saturated rings.